The van der Waals surface area contributed by atoms with Crippen LogP contribution in [0.15, 0.2) is 29.2 Å². The average molecular weight is 441 g/mol. The summed E-state index contributed by atoms with van der Waals surface area (Å²) >= 11 is 0. The van der Waals surface area contributed by atoms with Gasteiger partial charge >= 0.3 is 5.97 Å². The van der Waals surface area contributed by atoms with Gasteiger partial charge in [-0.2, -0.15) is 4.31 Å². The standard InChI is InChI=1S/C21H29FN2O5S/c1-15-6-2-4-8-18(15)23-20(25)14-29-21(26)16-10-12-24(13-11-16)30(27,28)19-9-5-3-7-17(19)22/h3,5,7,9,15-16,18H,2,4,6,8,10-14H2,1H3,(H,23,25). The molecule has 30 heavy (non-hydrogen) atoms. The Bertz CT molecular complexity index is 868. The van der Waals surface area contributed by atoms with E-state index in [0.717, 1.165) is 25.3 Å². The van der Waals surface area contributed by atoms with Crippen LogP contribution in [-0.2, 0) is 24.3 Å². The minimum atomic E-state index is -3.95. The van der Waals surface area contributed by atoms with Gasteiger partial charge in [-0.15, -0.1) is 0 Å². The second kappa shape index (κ2) is 9.87. The van der Waals surface area contributed by atoms with Crippen molar-refractivity contribution in [3.63, 3.8) is 0 Å². The third-order valence-electron chi connectivity index (χ3n) is 6.05. The third-order valence-corrected chi connectivity index (χ3v) is 7.98. The zero-order valence-electron chi connectivity index (χ0n) is 17.2. The van der Waals surface area contributed by atoms with Gasteiger partial charge in [0.1, 0.15) is 10.7 Å². The molecule has 9 heteroatoms. The molecule has 0 radical (unpaired) electrons. The Morgan fingerprint density at radius 2 is 1.80 bits per heavy atom. The molecule has 1 aliphatic heterocycles. The second-order valence-electron chi connectivity index (χ2n) is 8.15. The number of carbonyl (C=O) groups excluding carboxylic acids is 2. The van der Waals surface area contributed by atoms with Gasteiger partial charge in [-0.05, 0) is 43.7 Å². The third kappa shape index (κ3) is 5.37. The molecule has 0 aromatic heterocycles. The van der Waals surface area contributed by atoms with Gasteiger partial charge in [-0.3, -0.25) is 9.59 Å². The van der Waals surface area contributed by atoms with Gasteiger partial charge in [-0.1, -0.05) is 31.9 Å². The normalized spacial score (nSPS) is 23.7. The van der Waals surface area contributed by atoms with E-state index in [2.05, 4.69) is 12.2 Å². The zero-order valence-corrected chi connectivity index (χ0v) is 18.0. The molecule has 166 valence electrons. The van der Waals surface area contributed by atoms with Gasteiger partial charge in [0, 0.05) is 19.1 Å². The molecule has 3 rings (SSSR count). The van der Waals surface area contributed by atoms with Crippen molar-refractivity contribution >= 4 is 21.9 Å². The number of esters is 1. The lowest BCUT2D eigenvalue weighted by Crippen LogP contribution is -2.44. The summed E-state index contributed by atoms with van der Waals surface area (Å²) in [5, 5.41) is 2.94. The van der Waals surface area contributed by atoms with Crippen LogP contribution in [-0.4, -0.2) is 50.3 Å². The van der Waals surface area contributed by atoms with Crippen molar-refractivity contribution in [3.8, 4) is 0 Å². The lowest BCUT2D eigenvalue weighted by atomic mass is 9.86. The van der Waals surface area contributed by atoms with Crippen LogP contribution in [0, 0.1) is 17.7 Å². The van der Waals surface area contributed by atoms with Crippen molar-refractivity contribution < 1.29 is 27.1 Å². The highest BCUT2D eigenvalue weighted by atomic mass is 32.2. The summed E-state index contributed by atoms with van der Waals surface area (Å²) in [6.45, 7) is 1.99. The number of nitrogens with zero attached hydrogens (tertiary/aromatic N) is 1. The Hall–Kier alpha value is -2.00. The topological polar surface area (TPSA) is 92.8 Å². The fraction of sp³-hybridized carbons (Fsp3) is 0.619. The molecule has 1 aliphatic carbocycles. The van der Waals surface area contributed by atoms with E-state index in [4.69, 9.17) is 4.74 Å². The van der Waals surface area contributed by atoms with Crippen LogP contribution in [0.4, 0.5) is 4.39 Å². The number of hydrogen-bond donors (Lipinski definition) is 1. The fourth-order valence-corrected chi connectivity index (χ4v) is 5.69. The Morgan fingerprint density at radius 3 is 2.47 bits per heavy atom. The van der Waals surface area contributed by atoms with Crippen molar-refractivity contribution in [2.45, 2.75) is 56.4 Å². The van der Waals surface area contributed by atoms with Crippen molar-refractivity contribution in [3.05, 3.63) is 30.1 Å². The van der Waals surface area contributed by atoms with Gasteiger partial charge < -0.3 is 10.1 Å². The Labute approximate surface area is 177 Å². The zero-order chi connectivity index (χ0) is 21.7. The Balaban J connectivity index is 1.46. The molecule has 2 unspecified atom stereocenters. The molecule has 0 bridgehead atoms. The first kappa shape index (κ1) is 22.7. The number of hydrogen-bond acceptors (Lipinski definition) is 5. The number of halogens is 1. The van der Waals surface area contributed by atoms with E-state index >= 15 is 0 Å². The molecular weight excluding hydrogens is 411 g/mol. The van der Waals surface area contributed by atoms with E-state index < -0.39 is 27.7 Å². The summed E-state index contributed by atoms with van der Waals surface area (Å²) in [6.07, 6.45) is 4.83. The van der Waals surface area contributed by atoms with Gasteiger partial charge in [0.15, 0.2) is 6.61 Å². The van der Waals surface area contributed by atoms with Crippen molar-refractivity contribution in [2.75, 3.05) is 19.7 Å². The van der Waals surface area contributed by atoms with Crippen molar-refractivity contribution in [2.24, 2.45) is 11.8 Å². The van der Waals surface area contributed by atoms with Crippen LogP contribution in [0.5, 0.6) is 0 Å². The van der Waals surface area contributed by atoms with Crippen LogP contribution in [0.25, 0.3) is 0 Å². The monoisotopic (exact) mass is 440 g/mol. The molecule has 1 heterocycles. The fourth-order valence-electron chi connectivity index (χ4n) is 4.16. The highest BCUT2D eigenvalue weighted by Crippen LogP contribution is 2.26. The molecule has 7 nitrogen and oxygen atoms in total. The van der Waals surface area contributed by atoms with E-state index in [-0.39, 0.29) is 49.4 Å². The smallest absolute Gasteiger partial charge is 0.309 e. The molecule has 1 amide bonds. The van der Waals surface area contributed by atoms with E-state index in [1.165, 1.54) is 28.9 Å². The van der Waals surface area contributed by atoms with Crippen LogP contribution in [0.1, 0.15) is 45.4 Å². The highest BCUT2D eigenvalue weighted by molar-refractivity contribution is 7.89. The largest absolute Gasteiger partial charge is 0.455 e. The predicted octanol–water partition coefficient (Wildman–Crippen LogP) is 2.46. The summed E-state index contributed by atoms with van der Waals surface area (Å²) in [5.74, 6) is -1.65. The maximum absolute atomic E-state index is 13.9. The summed E-state index contributed by atoms with van der Waals surface area (Å²) in [5.41, 5.74) is 0. The molecule has 2 atom stereocenters. The first-order valence-corrected chi connectivity index (χ1v) is 11.9. The van der Waals surface area contributed by atoms with E-state index in [1.807, 2.05) is 0 Å². The molecule has 1 N–H and O–H groups in total. The Morgan fingerprint density at radius 1 is 1.13 bits per heavy atom. The van der Waals surface area contributed by atoms with E-state index in [9.17, 15) is 22.4 Å². The number of carbonyl (C=O) groups is 2. The minimum Gasteiger partial charge on any atom is -0.455 e. The SMILES string of the molecule is CC1CCCCC1NC(=O)COC(=O)C1CCN(S(=O)(=O)c2ccccc2F)CC1. The van der Waals surface area contributed by atoms with E-state index in [1.54, 1.807) is 0 Å². The minimum absolute atomic E-state index is 0.0994. The molecule has 1 aromatic carbocycles. The molecule has 1 saturated carbocycles. The molecule has 2 fully saturated rings. The number of sulfonamides is 1. The van der Waals surface area contributed by atoms with Crippen LogP contribution >= 0.6 is 0 Å². The van der Waals surface area contributed by atoms with Crippen LogP contribution < -0.4 is 5.32 Å². The number of piperidine rings is 1. The summed E-state index contributed by atoms with van der Waals surface area (Å²) in [7, 11) is -3.95. The second-order valence-corrected chi connectivity index (χ2v) is 10.1. The van der Waals surface area contributed by atoms with E-state index in [0.29, 0.717) is 5.92 Å². The maximum atomic E-state index is 13.9. The molecular formula is C21H29FN2O5S. The summed E-state index contributed by atoms with van der Waals surface area (Å²) in [6, 6.07) is 5.37. The lowest BCUT2D eigenvalue weighted by Gasteiger charge is -2.30. The quantitative estimate of drug-likeness (QED) is 0.686. The lowest BCUT2D eigenvalue weighted by molar-refractivity contribution is -0.154. The maximum Gasteiger partial charge on any atom is 0.309 e. The highest BCUT2D eigenvalue weighted by Gasteiger charge is 2.34. The first-order chi connectivity index (χ1) is 14.3. The first-order valence-electron chi connectivity index (χ1n) is 10.5. The van der Waals surface area contributed by atoms with Gasteiger partial charge in [0.2, 0.25) is 10.0 Å². The molecule has 1 aromatic rings. The van der Waals surface area contributed by atoms with Gasteiger partial charge in [0.05, 0.1) is 5.92 Å². The van der Waals surface area contributed by atoms with Crippen LogP contribution in [0.2, 0.25) is 0 Å². The Kier molecular flexibility index (Phi) is 7.46. The number of ether oxygens (including phenoxy) is 1. The van der Waals surface area contributed by atoms with Crippen molar-refractivity contribution in [1.82, 2.24) is 9.62 Å². The number of benzene rings is 1. The van der Waals surface area contributed by atoms with Gasteiger partial charge in [0.25, 0.3) is 5.91 Å². The number of amides is 1. The number of rotatable bonds is 6. The predicted molar refractivity (Wildman–Crippen MR) is 108 cm³/mol. The summed E-state index contributed by atoms with van der Waals surface area (Å²) in [4.78, 5) is 24.1. The number of nitrogens with one attached hydrogen (secondary N) is 1. The molecule has 2 aliphatic rings. The van der Waals surface area contributed by atoms with Crippen LogP contribution in [0.3, 0.4) is 0 Å². The molecule has 1 saturated heterocycles. The average Bonchev–Trinajstić information content (AvgIpc) is 2.74. The van der Waals surface area contributed by atoms with Crippen molar-refractivity contribution in [1.29, 1.82) is 0 Å². The summed E-state index contributed by atoms with van der Waals surface area (Å²) < 4.78 is 45.5. The molecule has 0 spiro atoms. The van der Waals surface area contributed by atoms with Gasteiger partial charge in [-0.25, -0.2) is 12.8 Å².